The van der Waals surface area contributed by atoms with Crippen LogP contribution in [0.15, 0.2) is 66.7 Å². The molecule has 182 valence electrons. The highest BCUT2D eigenvalue weighted by atomic mass is 19.1. The van der Waals surface area contributed by atoms with E-state index in [9.17, 15) is 9.18 Å². The molecule has 0 spiro atoms. The van der Waals surface area contributed by atoms with Gasteiger partial charge in [0.25, 0.3) is 5.91 Å². The lowest BCUT2D eigenvalue weighted by atomic mass is 9.65. The number of anilines is 2. The first-order chi connectivity index (χ1) is 16.7. The van der Waals surface area contributed by atoms with Gasteiger partial charge in [-0.1, -0.05) is 49.4 Å². The van der Waals surface area contributed by atoms with E-state index in [1.165, 1.54) is 12.1 Å². The number of nitrogens with zero attached hydrogens (tertiary/aromatic N) is 2. The second-order valence-electron chi connectivity index (χ2n) is 10.5. The van der Waals surface area contributed by atoms with Gasteiger partial charge in [-0.25, -0.2) is 8.78 Å². The van der Waals surface area contributed by atoms with E-state index in [-0.39, 0.29) is 17.3 Å². The molecule has 6 heteroatoms. The molecular formula is C29H31F2N3O. The molecule has 0 aromatic heterocycles. The number of rotatable bonds is 3. The monoisotopic (exact) mass is 475 g/mol. The van der Waals surface area contributed by atoms with Crippen LogP contribution in [0.4, 0.5) is 20.2 Å². The lowest BCUT2D eigenvalue weighted by Gasteiger charge is -2.46. The molecule has 0 bridgehead atoms. The van der Waals surface area contributed by atoms with Gasteiger partial charge in [0.15, 0.2) is 0 Å². The Morgan fingerprint density at radius 3 is 2.23 bits per heavy atom. The summed E-state index contributed by atoms with van der Waals surface area (Å²) in [6, 6.07) is 19.7. The maximum atomic E-state index is 15.0. The number of hydrogen-bond donors (Lipinski definition) is 1. The summed E-state index contributed by atoms with van der Waals surface area (Å²) in [6.07, 6.45) is 0.759. The Bertz CT molecular complexity index is 1250. The molecule has 3 aromatic carbocycles. The van der Waals surface area contributed by atoms with Crippen LogP contribution in [0.25, 0.3) is 0 Å². The first-order valence-electron chi connectivity index (χ1n) is 12.1. The molecule has 2 heterocycles. The summed E-state index contributed by atoms with van der Waals surface area (Å²) in [4.78, 5) is 17.4. The Balaban J connectivity index is 1.48. The molecule has 35 heavy (non-hydrogen) atoms. The fraction of sp³-hybridized carbons (Fsp3) is 0.345. The van der Waals surface area contributed by atoms with Crippen molar-refractivity contribution in [2.45, 2.75) is 38.1 Å². The van der Waals surface area contributed by atoms with Gasteiger partial charge < -0.3 is 15.1 Å². The molecule has 2 aliphatic rings. The Labute approximate surface area is 205 Å². The minimum absolute atomic E-state index is 0.199. The minimum Gasteiger partial charge on any atom is -0.379 e. The van der Waals surface area contributed by atoms with Crippen LogP contribution in [-0.4, -0.2) is 42.5 Å². The van der Waals surface area contributed by atoms with Crippen molar-refractivity contribution in [2.75, 3.05) is 36.4 Å². The number of halogens is 2. The third kappa shape index (κ3) is 4.26. The van der Waals surface area contributed by atoms with Gasteiger partial charge in [0, 0.05) is 37.1 Å². The molecule has 0 aliphatic carbocycles. The Hall–Kier alpha value is -3.41. The molecule has 1 amide bonds. The summed E-state index contributed by atoms with van der Waals surface area (Å²) in [5.41, 5.74) is 2.75. The SMILES string of the molecule is CC1(C)CC(C)(c2ccccc2)c2cc(F)cc(C(=O)N3CCN(c4ccccc4F)CC3)c2N1. The van der Waals surface area contributed by atoms with Crippen molar-refractivity contribution in [3.63, 3.8) is 0 Å². The van der Waals surface area contributed by atoms with Crippen LogP contribution in [-0.2, 0) is 5.41 Å². The number of carbonyl (C=O) groups excluding carboxylic acids is 1. The number of piperazine rings is 1. The molecular weight excluding hydrogens is 444 g/mol. The minimum atomic E-state index is -0.452. The molecule has 1 unspecified atom stereocenters. The summed E-state index contributed by atoms with van der Waals surface area (Å²) >= 11 is 0. The highest BCUT2D eigenvalue weighted by Crippen LogP contribution is 2.48. The quantitative estimate of drug-likeness (QED) is 0.518. The maximum absolute atomic E-state index is 15.0. The first-order valence-corrected chi connectivity index (χ1v) is 12.1. The van der Waals surface area contributed by atoms with Crippen molar-refractivity contribution in [1.29, 1.82) is 0 Å². The number of nitrogens with one attached hydrogen (secondary N) is 1. The number of benzene rings is 3. The zero-order valence-electron chi connectivity index (χ0n) is 20.4. The van der Waals surface area contributed by atoms with Crippen molar-refractivity contribution in [3.8, 4) is 0 Å². The van der Waals surface area contributed by atoms with Crippen LogP contribution in [0, 0.1) is 11.6 Å². The van der Waals surface area contributed by atoms with Crippen LogP contribution in [0.3, 0.4) is 0 Å². The molecule has 2 aliphatic heterocycles. The molecule has 1 fully saturated rings. The van der Waals surface area contributed by atoms with Crippen LogP contribution < -0.4 is 10.2 Å². The zero-order chi connectivity index (χ0) is 24.8. The average Bonchev–Trinajstić information content (AvgIpc) is 2.84. The van der Waals surface area contributed by atoms with E-state index >= 15 is 4.39 Å². The Morgan fingerprint density at radius 2 is 1.54 bits per heavy atom. The summed E-state index contributed by atoms with van der Waals surface area (Å²) < 4.78 is 29.3. The van der Waals surface area contributed by atoms with Gasteiger partial charge in [-0.2, -0.15) is 0 Å². The van der Waals surface area contributed by atoms with E-state index in [0.717, 1.165) is 17.5 Å². The lowest BCUT2D eigenvalue weighted by molar-refractivity contribution is 0.0746. The molecule has 0 radical (unpaired) electrons. The maximum Gasteiger partial charge on any atom is 0.256 e. The molecule has 1 saturated heterocycles. The van der Waals surface area contributed by atoms with Gasteiger partial charge in [0.1, 0.15) is 11.6 Å². The van der Waals surface area contributed by atoms with Crippen LogP contribution >= 0.6 is 0 Å². The summed E-state index contributed by atoms with van der Waals surface area (Å²) in [7, 11) is 0. The number of carbonyl (C=O) groups is 1. The predicted octanol–water partition coefficient (Wildman–Crippen LogP) is 5.83. The van der Waals surface area contributed by atoms with Gasteiger partial charge in [-0.15, -0.1) is 0 Å². The fourth-order valence-corrected chi connectivity index (χ4v) is 5.80. The van der Waals surface area contributed by atoms with E-state index in [0.29, 0.717) is 43.1 Å². The first kappa shape index (κ1) is 23.3. The van der Waals surface area contributed by atoms with Crippen LogP contribution in [0.2, 0.25) is 0 Å². The van der Waals surface area contributed by atoms with Gasteiger partial charge in [0.2, 0.25) is 0 Å². The molecule has 0 saturated carbocycles. The average molecular weight is 476 g/mol. The second kappa shape index (κ2) is 8.67. The smallest absolute Gasteiger partial charge is 0.256 e. The topological polar surface area (TPSA) is 35.6 Å². The van der Waals surface area contributed by atoms with Crippen molar-refractivity contribution in [2.24, 2.45) is 0 Å². The van der Waals surface area contributed by atoms with E-state index in [1.54, 1.807) is 23.1 Å². The lowest BCUT2D eigenvalue weighted by Crippen LogP contribution is -2.50. The normalized spacial score (nSPS) is 21.3. The Kier molecular flexibility index (Phi) is 5.78. The van der Waals surface area contributed by atoms with E-state index in [1.807, 2.05) is 29.2 Å². The number of hydrogen-bond acceptors (Lipinski definition) is 3. The molecule has 5 rings (SSSR count). The number of amides is 1. The van der Waals surface area contributed by atoms with Gasteiger partial charge in [-0.05, 0) is 55.7 Å². The molecule has 4 nitrogen and oxygen atoms in total. The van der Waals surface area contributed by atoms with Gasteiger partial charge in [0.05, 0.1) is 16.9 Å². The summed E-state index contributed by atoms with van der Waals surface area (Å²) in [5, 5.41) is 3.54. The number of para-hydroxylation sites is 1. The predicted molar refractivity (Wildman–Crippen MR) is 136 cm³/mol. The number of fused-ring (bicyclic) bond motifs is 1. The summed E-state index contributed by atoms with van der Waals surface area (Å²) in [5.74, 6) is -0.881. The largest absolute Gasteiger partial charge is 0.379 e. The fourth-order valence-electron chi connectivity index (χ4n) is 5.80. The van der Waals surface area contributed by atoms with E-state index in [4.69, 9.17) is 0 Å². The standard InChI is InChI=1S/C29H31F2N3O/c1-28(2)19-29(3,20-9-5-4-6-10-20)23-18-21(30)17-22(26(23)32-28)27(35)34-15-13-33(14-16-34)25-12-8-7-11-24(25)31/h4-12,17-18,32H,13-16,19H2,1-3H3. The highest BCUT2D eigenvalue weighted by Gasteiger charge is 2.43. The van der Waals surface area contributed by atoms with Crippen molar-refractivity contribution >= 4 is 17.3 Å². The van der Waals surface area contributed by atoms with E-state index in [2.05, 4.69) is 38.2 Å². The third-order valence-corrected chi connectivity index (χ3v) is 7.36. The second-order valence-corrected chi connectivity index (χ2v) is 10.5. The zero-order valence-corrected chi connectivity index (χ0v) is 20.4. The third-order valence-electron chi connectivity index (χ3n) is 7.36. The van der Waals surface area contributed by atoms with Crippen molar-refractivity contribution in [1.82, 2.24) is 4.90 Å². The highest BCUT2D eigenvalue weighted by molar-refractivity contribution is 6.01. The van der Waals surface area contributed by atoms with Crippen LogP contribution in [0.1, 0.15) is 48.7 Å². The van der Waals surface area contributed by atoms with Crippen molar-refractivity contribution in [3.05, 3.63) is 95.1 Å². The molecule has 1 atom stereocenters. The van der Waals surface area contributed by atoms with Gasteiger partial charge >= 0.3 is 0 Å². The van der Waals surface area contributed by atoms with Gasteiger partial charge in [-0.3, -0.25) is 4.79 Å². The Morgan fingerprint density at radius 1 is 0.886 bits per heavy atom. The van der Waals surface area contributed by atoms with Crippen LogP contribution in [0.5, 0.6) is 0 Å². The summed E-state index contributed by atoms with van der Waals surface area (Å²) in [6.45, 7) is 8.28. The van der Waals surface area contributed by atoms with E-state index < -0.39 is 11.2 Å². The van der Waals surface area contributed by atoms with Crippen molar-refractivity contribution < 1.29 is 13.6 Å². The molecule has 3 aromatic rings. The molecule has 1 N–H and O–H groups in total.